The second kappa shape index (κ2) is 25.2. The van der Waals surface area contributed by atoms with Gasteiger partial charge in [0.2, 0.25) is 5.79 Å². The lowest BCUT2D eigenvalue weighted by atomic mass is 9.99. The predicted octanol–water partition coefficient (Wildman–Crippen LogP) is -2.25. The summed E-state index contributed by atoms with van der Waals surface area (Å²) >= 11 is 0. The van der Waals surface area contributed by atoms with Gasteiger partial charge in [0.25, 0.3) is 0 Å². The molecule has 2 fully saturated rings. The molecule has 9 atom stereocenters. The molecule has 27 heteroatoms. The van der Waals surface area contributed by atoms with Gasteiger partial charge in [0.15, 0.2) is 6.29 Å². The Labute approximate surface area is 338 Å². The predicted molar refractivity (Wildman–Crippen MR) is 198 cm³/mol. The van der Waals surface area contributed by atoms with E-state index in [4.69, 9.17) is 71.1 Å². The maximum atomic E-state index is 11.7. The van der Waals surface area contributed by atoms with Crippen LogP contribution in [0.3, 0.4) is 0 Å². The molecule has 0 aliphatic carbocycles. The fraction of sp³-hybridized carbons (Fsp3) is 1.00. The van der Waals surface area contributed by atoms with Crippen molar-refractivity contribution < 1.29 is 107 Å². The van der Waals surface area contributed by atoms with Crippen molar-refractivity contribution in [3.63, 3.8) is 0 Å². The minimum absolute atomic E-state index is 0.0180. The molecule has 2 rings (SSSR count). The zero-order valence-corrected chi connectivity index (χ0v) is 38.3. The van der Waals surface area contributed by atoms with E-state index in [0.29, 0.717) is 0 Å². The second-order valence-corrected chi connectivity index (χ2v) is 20.6. The van der Waals surface area contributed by atoms with E-state index < -0.39 is 111 Å². The van der Waals surface area contributed by atoms with Gasteiger partial charge in [-0.3, -0.25) is 0 Å². The summed E-state index contributed by atoms with van der Waals surface area (Å²) in [5.41, 5.74) is 0. The number of rotatable bonds is 31. The maximum Gasteiger partial charge on any atom is 0.680 e. The minimum Gasteiger partial charge on any atom is -0.394 e. The van der Waals surface area contributed by atoms with Crippen LogP contribution in [0.5, 0.6) is 0 Å². The highest BCUT2D eigenvalue weighted by Crippen LogP contribution is 2.40. The Morgan fingerprint density at radius 1 is 0.509 bits per heavy atom. The van der Waals surface area contributed by atoms with Gasteiger partial charge in [0, 0.05) is 59.5 Å². The maximum absolute atomic E-state index is 11.7. The Kier molecular flexibility index (Phi) is 23.4. The molecule has 2 unspecified atom stereocenters. The third kappa shape index (κ3) is 13.7. The zero-order valence-electron chi connectivity index (χ0n) is 34.3. The summed E-state index contributed by atoms with van der Waals surface area (Å²) in [5, 5.41) is 65.8. The van der Waals surface area contributed by atoms with Gasteiger partial charge in [-0.2, -0.15) is 0 Å². The molecule has 2 heterocycles. The van der Waals surface area contributed by atoms with Gasteiger partial charge in [-0.15, -0.1) is 0 Å². The van der Waals surface area contributed by atoms with E-state index in [2.05, 4.69) is 0 Å². The first-order valence-electron chi connectivity index (χ1n) is 19.3. The molecule has 2 saturated heterocycles. The lowest BCUT2D eigenvalue weighted by Crippen LogP contribution is -2.70. The molecule has 0 spiro atoms. The van der Waals surface area contributed by atoms with Crippen molar-refractivity contribution in [3.05, 3.63) is 0 Å². The van der Waals surface area contributed by atoms with Gasteiger partial charge in [0.1, 0.15) is 49.3 Å². The summed E-state index contributed by atoms with van der Waals surface area (Å²) < 4.78 is 94.3. The second-order valence-electron chi connectivity index (χ2n) is 11.9. The van der Waals surface area contributed by atoms with Crippen molar-refractivity contribution >= 4 is 36.2 Å². The fourth-order valence-corrected chi connectivity index (χ4v) is 16.2. The van der Waals surface area contributed by atoms with Gasteiger partial charge in [-0.25, -0.2) is 0 Å². The van der Waals surface area contributed by atoms with Gasteiger partial charge in [0.05, 0.1) is 13.2 Å². The van der Waals surface area contributed by atoms with E-state index in [1.165, 1.54) is 0 Å². The Morgan fingerprint density at radius 3 is 1.37 bits per heavy atom. The molecule has 0 aromatic carbocycles. The Hall–Kier alpha value is -0.0525. The first-order valence-corrected chi connectivity index (χ1v) is 25.8. The first-order chi connectivity index (χ1) is 27.1. The third-order valence-corrected chi connectivity index (χ3v) is 18.9. The zero-order chi connectivity index (χ0) is 42.9. The highest BCUT2D eigenvalue weighted by atomic mass is 28.5. The number of ether oxygens (including phenoxy) is 3. The number of aliphatic hydroxyl groups is 6. The van der Waals surface area contributed by atoms with Crippen LogP contribution in [0.1, 0.15) is 62.3 Å². The van der Waals surface area contributed by atoms with Gasteiger partial charge >= 0.3 is 36.2 Å². The van der Waals surface area contributed by atoms with E-state index in [9.17, 15) is 35.4 Å². The summed E-state index contributed by atoms with van der Waals surface area (Å²) in [4.78, 5) is 11.3. The summed E-state index contributed by atoms with van der Waals surface area (Å²) in [6.45, 7) is 11.6. The average Bonchev–Trinajstić information content (AvgIpc) is 3.41. The average molecular weight is 907 g/mol. The van der Waals surface area contributed by atoms with E-state index in [1.807, 2.05) is 0 Å². The molecule has 7 N–H and O–H groups in total. The van der Waals surface area contributed by atoms with E-state index >= 15 is 0 Å². The molecule has 57 heavy (non-hydrogen) atoms. The molecule has 0 aromatic rings. The van der Waals surface area contributed by atoms with Crippen LogP contribution in [0.2, 0.25) is 0 Å². The number of hydrogen-bond donors (Lipinski definition) is 7. The molecular formula is C30H66O23Si4. The lowest BCUT2D eigenvalue weighted by Gasteiger charge is -2.47. The molecular weight excluding hydrogens is 841 g/mol. The SMILES string of the molecule is CCO[Si](O)(OCC)O[Si](OCC)(OCC)O[Si](OCC)(OCC)O[C@H]1[C@H](O)C(O)[C@@H](OC2(CO)O[C@H](CO)[C@@H](O)[C@@H]2O[Si](OCC)(OCC)OCC)O[C@@H]1CO. The smallest absolute Gasteiger partial charge is 0.394 e. The van der Waals surface area contributed by atoms with Crippen LogP contribution in [0.25, 0.3) is 0 Å². The highest BCUT2D eigenvalue weighted by Gasteiger charge is 2.68. The van der Waals surface area contributed by atoms with Crippen LogP contribution >= 0.6 is 0 Å². The van der Waals surface area contributed by atoms with Crippen molar-refractivity contribution in [1.29, 1.82) is 0 Å². The first kappa shape index (κ1) is 53.1. The minimum atomic E-state index is -4.73. The van der Waals surface area contributed by atoms with Crippen LogP contribution in [0, 0.1) is 0 Å². The van der Waals surface area contributed by atoms with Crippen molar-refractivity contribution in [1.82, 2.24) is 0 Å². The monoisotopic (exact) mass is 906 g/mol. The number of hydrogen-bond acceptors (Lipinski definition) is 23. The largest absolute Gasteiger partial charge is 0.680 e. The van der Waals surface area contributed by atoms with Crippen LogP contribution in [-0.2, 0) is 71.1 Å². The number of aliphatic hydroxyl groups excluding tert-OH is 6. The molecule has 0 aromatic heterocycles. The molecule has 2 aliphatic rings. The van der Waals surface area contributed by atoms with Gasteiger partial charge in [-0.05, 0) is 62.3 Å². The van der Waals surface area contributed by atoms with Crippen LogP contribution < -0.4 is 0 Å². The lowest BCUT2D eigenvalue weighted by molar-refractivity contribution is -0.384. The molecule has 0 amide bonds. The fourth-order valence-electron chi connectivity index (χ4n) is 5.84. The summed E-state index contributed by atoms with van der Waals surface area (Å²) in [6, 6.07) is 0. The summed E-state index contributed by atoms with van der Waals surface area (Å²) in [6.07, 6.45) is -14.0. The molecule has 0 radical (unpaired) electrons. The van der Waals surface area contributed by atoms with Crippen molar-refractivity contribution in [2.75, 3.05) is 79.3 Å². The van der Waals surface area contributed by atoms with Crippen molar-refractivity contribution in [2.24, 2.45) is 0 Å². The molecule has 340 valence electrons. The summed E-state index contributed by atoms with van der Waals surface area (Å²) in [5.74, 6) is -2.41. The summed E-state index contributed by atoms with van der Waals surface area (Å²) in [7, 11) is -18.0. The van der Waals surface area contributed by atoms with E-state index in [1.54, 1.807) is 62.3 Å². The van der Waals surface area contributed by atoms with Crippen molar-refractivity contribution in [3.8, 4) is 0 Å². The highest BCUT2D eigenvalue weighted by molar-refractivity contribution is 6.74. The third-order valence-electron chi connectivity index (χ3n) is 7.97. The Bertz CT molecular complexity index is 1070. The van der Waals surface area contributed by atoms with Crippen LogP contribution in [0.4, 0.5) is 0 Å². The molecule has 0 bridgehead atoms. The molecule has 23 nitrogen and oxygen atoms in total. The van der Waals surface area contributed by atoms with Crippen LogP contribution in [-0.4, -0.2) is 206 Å². The Morgan fingerprint density at radius 2 is 0.947 bits per heavy atom. The van der Waals surface area contributed by atoms with E-state index in [0.717, 1.165) is 0 Å². The Balaban J connectivity index is 2.58. The topological polar surface area (TPSA) is 289 Å². The standard InChI is InChI=1S/C30H66O23Si4/c1-10-38-54(37,39-11-2)52-57(45-17-8,46-18-9)53-56(43-15-6,44-16-7)50-27-23(20-32)47-29(26(36)25(27)35)49-30(21-33)28(24(34)22(19-31)48-30)51-55(40-12-3,41-13-4)42-14-5/h22-29,31-37H,10-21H2,1-9H3/t22-,23-,24-,25-,26?,27-,28+,29-,30?/m1/s1. The quantitative estimate of drug-likeness (QED) is 0.0362. The van der Waals surface area contributed by atoms with Crippen molar-refractivity contribution in [2.45, 2.75) is 117 Å². The molecule has 0 saturated carbocycles. The van der Waals surface area contributed by atoms with Gasteiger partial charge < -0.3 is 107 Å². The van der Waals surface area contributed by atoms with E-state index in [-0.39, 0.29) is 59.5 Å². The molecule has 2 aliphatic heterocycles. The normalized spacial score (nSPS) is 29.1. The van der Waals surface area contributed by atoms with Crippen LogP contribution in [0.15, 0.2) is 0 Å². The van der Waals surface area contributed by atoms with Gasteiger partial charge in [-0.1, -0.05) is 0 Å².